The molecule has 0 radical (unpaired) electrons. The van der Waals surface area contributed by atoms with Crippen molar-refractivity contribution in [3.63, 3.8) is 0 Å². The number of anilines is 9. The average Bonchev–Trinajstić information content (AvgIpc) is 1.60. The first-order chi connectivity index (χ1) is 60.9. The molecule has 0 aliphatic rings. The van der Waals surface area contributed by atoms with Crippen molar-refractivity contribution >= 4 is 182 Å². The minimum absolute atomic E-state index is 0.543. The monoisotopic (exact) mass is 1570 g/mol. The summed E-state index contributed by atoms with van der Waals surface area (Å²) in [7, 11) is 0. The van der Waals surface area contributed by atoms with Gasteiger partial charge in [-0.15, -0.1) is 0 Å². The van der Waals surface area contributed by atoms with Crippen LogP contribution >= 0.6 is 0 Å². The van der Waals surface area contributed by atoms with Crippen molar-refractivity contribution in [3.8, 4) is 51.0 Å². The zero-order valence-corrected chi connectivity index (χ0v) is 66.2. The van der Waals surface area contributed by atoms with Gasteiger partial charge in [0, 0.05) is 150 Å². The summed E-state index contributed by atoms with van der Waals surface area (Å²) in [4.78, 5) is 18.7. The first kappa shape index (κ1) is 69.4. The summed E-state index contributed by atoms with van der Waals surface area (Å²) in [5.74, 6) is 0.543. The van der Waals surface area contributed by atoms with Crippen LogP contribution in [-0.4, -0.2) is 23.7 Å². The van der Waals surface area contributed by atoms with Crippen LogP contribution in [-0.2, 0) is 0 Å². The van der Waals surface area contributed by atoms with Crippen molar-refractivity contribution < 1.29 is 13.3 Å². The molecule has 0 N–H and O–H groups in total. The van der Waals surface area contributed by atoms with E-state index in [1.54, 1.807) is 0 Å². The second-order valence-corrected chi connectivity index (χ2v) is 31.6. The Bertz CT molecular complexity index is 7760. The lowest BCUT2D eigenvalue weighted by Crippen LogP contribution is -2.10. The van der Waals surface area contributed by atoms with Gasteiger partial charge in [-0.3, -0.25) is 0 Å². The number of nitrogens with zero attached hydrogens (tertiary/aromatic N) is 8. The topological polar surface area (TPSA) is 89.7 Å². The van der Waals surface area contributed by atoms with Crippen LogP contribution in [0.15, 0.2) is 438 Å². The number of furan rings is 3. The maximum absolute atomic E-state index is 6.54. The Balaban J connectivity index is 0.697. The van der Waals surface area contributed by atoms with Gasteiger partial charge in [0.2, 0.25) is 0 Å². The molecular weight excluding hydrogens is 1510 g/mol. The minimum atomic E-state index is 0.543. The molecule has 25 rings (SSSR count). The molecule has 0 spiro atoms. The van der Waals surface area contributed by atoms with Crippen molar-refractivity contribution in [1.29, 1.82) is 0 Å². The second-order valence-electron chi connectivity index (χ2n) is 31.6. The van der Waals surface area contributed by atoms with Crippen molar-refractivity contribution in [2.24, 2.45) is 0 Å². The number of benzene rings is 18. The fraction of sp³-hybridized carbons (Fsp3) is 0. The number of aromatic nitrogens is 5. The van der Waals surface area contributed by atoms with Gasteiger partial charge < -0.3 is 41.7 Å². The summed E-state index contributed by atoms with van der Waals surface area (Å²) >= 11 is 0. The normalized spacial score (nSPS) is 11.9. The summed E-state index contributed by atoms with van der Waals surface area (Å²) in [6.45, 7) is 0. The van der Waals surface area contributed by atoms with E-state index in [9.17, 15) is 0 Å². The van der Waals surface area contributed by atoms with Crippen LogP contribution in [0.1, 0.15) is 0 Å². The van der Waals surface area contributed by atoms with Gasteiger partial charge in [0.05, 0.1) is 44.5 Å². The van der Waals surface area contributed by atoms with E-state index in [0.717, 1.165) is 228 Å². The highest BCUT2D eigenvalue weighted by Crippen LogP contribution is 2.49. The fourth-order valence-electron chi connectivity index (χ4n) is 19.0. The summed E-state index contributed by atoms with van der Waals surface area (Å²) in [6.07, 6.45) is 0. The molecule has 0 bridgehead atoms. The van der Waals surface area contributed by atoms with E-state index in [4.69, 9.17) is 23.2 Å². The SMILES string of the molecule is c1ccc(-n2c3ccccc3c3cc(N(c4cccc(-c5cc(-c6cccc(N(c7ccc8oc9ccccc9c8c7)c7ccc8c(c7)c7ccccc7n8-c7ccccc7)c6)nc(-c6cccc(N(c7ccc8oc9ccccc9c8c7)c7ccc8c(c7)c7ccccc7n8-c7ccccc7)c6)n5)c4)c4ccc5oc6ccccc6c5c4)ccc32)cc1. The van der Waals surface area contributed by atoms with E-state index in [0.29, 0.717) is 5.82 Å². The van der Waals surface area contributed by atoms with Gasteiger partial charge in [0.25, 0.3) is 0 Å². The number of hydrogen-bond donors (Lipinski definition) is 0. The lowest BCUT2D eigenvalue weighted by Gasteiger charge is -2.27. The number of para-hydroxylation sites is 9. The quantitative estimate of drug-likeness (QED) is 0.100. The van der Waals surface area contributed by atoms with Gasteiger partial charge in [-0.25, -0.2) is 9.97 Å². The molecule has 0 saturated carbocycles. The first-order valence-corrected chi connectivity index (χ1v) is 41.6. The summed E-state index contributed by atoms with van der Waals surface area (Å²) < 4.78 is 26.7. The van der Waals surface area contributed by atoms with Crippen molar-refractivity contribution in [3.05, 3.63) is 425 Å². The Hall–Kier alpha value is -16.8. The van der Waals surface area contributed by atoms with Gasteiger partial charge in [0.1, 0.15) is 33.5 Å². The molecule has 7 heterocycles. The third-order valence-corrected chi connectivity index (χ3v) is 24.5. The van der Waals surface area contributed by atoms with Crippen LogP contribution in [0.3, 0.4) is 0 Å². The molecule has 0 amide bonds. The van der Waals surface area contributed by atoms with Crippen molar-refractivity contribution in [1.82, 2.24) is 23.7 Å². The standard InChI is InChI=1S/C112H70N8O3/c1-4-28-74(29-5-1)118-100-43-16-10-37-86(100)92-64-80(49-55-103(92)118)115(83-52-58-109-95(67-83)89-40-13-19-46-106(89)121-109)77-34-22-25-71(61-77)98-70-99(72-26-23-35-78(62-72)116(84-53-59-110-96(68-84)90-41-14-20-47-107(90)122-110)81-50-56-104-93(65-81)87-38-11-17-44-101(87)119(104)75-30-6-2-7-31-75)114-112(113-98)73-27-24-36-79(63-73)117(85-54-60-111-97(69-85)91-42-15-21-48-108(91)123-111)82-51-57-105-94(66-82)88-39-12-18-45-102(88)120(105)76-32-8-3-9-33-76/h1-70H. The van der Waals surface area contributed by atoms with E-state index < -0.39 is 0 Å². The molecular formula is C112H70N8O3. The molecule has 0 saturated heterocycles. The zero-order valence-electron chi connectivity index (χ0n) is 66.2. The van der Waals surface area contributed by atoms with Crippen LogP contribution in [0.2, 0.25) is 0 Å². The van der Waals surface area contributed by atoms with E-state index in [-0.39, 0.29) is 0 Å². The molecule has 11 heteroatoms. The zero-order chi connectivity index (χ0) is 80.7. The molecule has 576 valence electrons. The van der Waals surface area contributed by atoms with Crippen molar-refractivity contribution in [2.45, 2.75) is 0 Å². The molecule has 0 unspecified atom stereocenters. The van der Waals surface area contributed by atoms with Crippen molar-refractivity contribution in [2.75, 3.05) is 14.7 Å². The highest BCUT2D eigenvalue weighted by atomic mass is 16.3. The third-order valence-electron chi connectivity index (χ3n) is 24.5. The summed E-state index contributed by atoms with van der Waals surface area (Å²) in [5.41, 5.74) is 27.6. The number of fused-ring (bicyclic) bond motifs is 18. The van der Waals surface area contributed by atoms with Crippen LogP contribution in [0.4, 0.5) is 51.2 Å². The summed E-state index contributed by atoms with van der Waals surface area (Å²) in [6, 6.07) is 152. The third kappa shape index (κ3) is 11.4. The average molecular weight is 1580 g/mol. The Morgan fingerprint density at radius 1 is 0.171 bits per heavy atom. The fourth-order valence-corrected chi connectivity index (χ4v) is 19.0. The molecule has 7 aromatic heterocycles. The Morgan fingerprint density at radius 3 is 0.764 bits per heavy atom. The van der Waals surface area contributed by atoms with E-state index >= 15 is 0 Å². The first-order valence-electron chi connectivity index (χ1n) is 41.6. The maximum Gasteiger partial charge on any atom is 0.160 e. The minimum Gasteiger partial charge on any atom is -0.456 e. The van der Waals surface area contributed by atoms with Gasteiger partial charge in [-0.05, 0) is 224 Å². The van der Waals surface area contributed by atoms with Gasteiger partial charge in [-0.1, -0.05) is 200 Å². The van der Waals surface area contributed by atoms with E-state index in [1.807, 2.05) is 36.4 Å². The Kier molecular flexibility index (Phi) is 15.8. The number of hydrogen-bond acceptors (Lipinski definition) is 8. The largest absolute Gasteiger partial charge is 0.456 e. The lowest BCUT2D eigenvalue weighted by molar-refractivity contribution is 0.668. The predicted molar refractivity (Wildman–Crippen MR) is 507 cm³/mol. The Labute approximate surface area is 705 Å². The van der Waals surface area contributed by atoms with Crippen LogP contribution in [0, 0.1) is 0 Å². The van der Waals surface area contributed by atoms with Crippen LogP contribution in [0.5, 0.6) is 0 Å². The predicted octanol–water partition coefficient (Wildman–Crippen LogP) is 30.9. The van der Waals surface area contributed by atoms with Gasteiger partial charge >= 0.3 is 0 Å². The molecule has 18 aromatic carbocycles. The summed E-state index contributed by atoms with van der Waals surface area (Å²) in [5, 5.41) is 13.1. The van der Waals surface area contributed by atoms with E-state index in [2.05, 4.69) is 417 Å². The molecule has 123 heavy (non-hydrogen) atoms. The van der Waals surface area contributed by atoms with Gasteiger partial charge in [0.15, 0.2) is 5.82 Å². The molecule has 0 aliphatic heterocycles. The molecule has 11 nitrogen and oxygen atoms in total. The highest BCUT2D eigenvalue weighted by molar-refractivity contribution is 6.16. The smallest absolute Gasteiger partial charge is 0.160 e. The van der Waals surface area contributed by atoms with Crippen LogP contribution < -0.4 is 14.7 Å². The molecule has 25 aromatic rings. The molecule has 0 aliphatic carbocycles. The van der Waals surface area contributed by atoms with Gasteiger partial charge in [-0.2, -0.15) is 0 Å². The maximum atomic E-state index is 6.54. The lowest BCUT2D eigenvalue weighted by atomic mass is 10.0. The highest BCUT2D eigenvalue weighted by Gasteiger charge is 2.27. The second kappa shape index (κ2) is 28.0. The molecule has 0 atom stereocenters. The number of rotatable bonds is 15. The van der Waals surface area contributed by atoms with E-state index in [1.165, 1.54) is 0 Å². The molecule has 0 fully saturated rings. The van der Waals surface area contributed by atoms with Crippen LogP contribution in [0.25, 0.3) is 182 Å². The Morgan fingerprint density at radius 2 is 0.423 bits per heavy atom.